The summed E-state index contributed by atoms with van der Waals surface area (Å²) in [6, 6.07) is 7.54. The Hall–Kier alpha value is -1.14. The van der Waals surface area contributed by atoms with E-state index in [-0.39, 0.29) is 5.25 Å². The molecule has 0 saturated heterocycles. The van der Waals surface area contributed by atoms with E-state index in [0.29, 0.717) is 11.3 Å². The monoisotopic (exact) mass is 193 g/mol. The molecule has 0 saturated carbocycles. The zero-order valence-electron chi connectivity index (χ0n) is 7.61. The lowest BCUT2D eigenvalue weighted by Crippen LogP contribution is -1.91. The van der Waals surface area contributed by atoms with Gasteiger partial charge in [-0.1, -0.05) is 6.07 Å². The van der Waals surface area contributed by atoms with Crippen LogP contribution in [0.25, 0.3) is 0 Å². The Bertz CT molecular complexity index is 341. The molecule has 0 radical (unpaired) electrons. The molecule has 1 aromatic carbocycles. The van der Waals surface area contributed by atoms with Gasteiger partial charge in [0.15, 0.2) is 0 Å². The molecule has 0 amide bonds. The Morgan fingerprint density at radius 3 is 2.69 bits per heavy atom. The second kappa shape index (κ2) is 4.20. The van der Waals surface area contributed by atoms with E-state index in [4.69, 9.17) is 10.00 Å². The van der Waals surface area contributed by atoms with Crippen LogP contribution < -0.4 is 4.74 Å². The lowest BCUT2D eigenvalue weighted by atomic mass is 10.1. The number of methoxy groups -OCH3 is 1. The zero-order chi connectivity index (χ0) is 9.84. The third kappa shape index (κ3) is 2.16. The Kier molecular flexibility index (Phi) is 3.21. The van der Waals surface area contributed by atoms with Gasteiger partial charge in [-0.15, -0.1) is 0 Å². The second-order valence-electron chi connectivity index (χ2n) is 2.75. The fourth-order valence-electron chi connectivity index (χ4n) is 1.06. The maximum atomic E-state index is 8.73. The summed E-state index contributed by atoms with van der Waals surface area (Å²) in [5.41, 5.74) is 1.61. The number of ether oxygens (including phenoxy) is 1. The fourth-order valence-corrected chi connectivity index (χ4v) is 1.22. The molecule has 1 unspecified atom stereocenters. The lowest BCUT2D eigenvalue weighted by Gasteiger charge is -2.07. The molecule has 2 nitrogen and oxygen atoms in total. The summed E-state index contributed by atoms with van der Waals surface area (Å²) in [4.78, 5) is 0. The minimum atomic E-state index is 0.154. The van der Waals surface area contributed by atoms with Crippen LogP contribution in [0.2, 0.25) is 0 Å². The minimum absolute atomic E-state index is 0.154. The third-order valence-corrected chi connectivity index (χ3v) is 2.13. The van der Waals surface area contributed by atoms with Gasteiger partial charge < -0.3 is 4.74 Å². The maximum absolute atomic E-state index is 8.73. The first-order valence-electron chi connectivity index (χ1n) is 3.95. The van der Waals surface area contributed by atoms with Gasteiger partial charge in [0.05, 0.1) is 12.7 Å². The van der Waals surface area contributed by atoms with Gasteiger partial charge in [-0.3, -0.25) is 0 Å². The number of rotatable bonds is 2. The molecule has 0 aromatic heterocycles. The van der Waals surface area contributed by atoms with Gasteiger partial charge in [0, 0.05) is 5.25 Å². The van der Waals surface area contributed by atoms with E-state index in [2.05, 4.69) is 18.7 Å². The van der Waals surface area contributed by atoms with E-state index < -0.39 is 0 Å². The fraction of sp³-hybridized carbons (Fsp3) is 0.300. The normalized spacial score (nSPS) is 11.8. The number of hydrogen-bond donors (Lipinski definition) is 1. The Balaban J connectivity index is 3.15. The van der Waals surface area contributed by atoms with Crippen LogP contribution in [0.3, 0.4) is 0 Å². The van der Waals surface area contributed by atoms with Crippen molar-refractivity contribution < 1.29 is 4.74 Å². The van der Waals surface area contributed by atoms with Crippen molar-refractivity contribution >= 4 is 12.6 Å². The molecule has 3 heteroatoms. The van der Waals surface area contributed by atoms with Crippen LogP contribution >= 0.6 is 12.6 Å². The first kappa shape index (κ1) is 9.94. The van der Waals surface area contributed by atoms with E-state index in [0.717, 1.165) is 5.56 Å². The summed E-state index contributed by atoms with van der Waals surface area (Å²) < 4.78 is 5.07. The van der Waals surface area contributed by atoms with E-state index in [1.807, 2.05) is 19.1 Å². The molecule has 0 aliphatic heterocycles. The standard InChI is InChI=1S/C10H11NOS/c1-7(13)8-3-4-9(6-11)10(5-8)12-2/h3-5,7,13H,1-2H3. The maximum Gasteiger partial charge on any atom is 0.136 e. The van der Waals surface area contributed by atoms with Crippen LogP contribution in [0.4, 0.5) is 0 Å². The Morgan fingerprint density at radius 1 is 1.54 bits per heavy atom. The average molecular weight is 193 g/mol. The molecule has 0 aliphatic rings. The second-order valence-corrected chi connectivity index (χ2v) is 3.52. The smallest absolute Gasteiger partial charge is 0.136 e. The minimum Gasteiger partial charge on any atom is -0.495 e. The van der Waals surface area contributed by atoms with Crippen LogP contribution in [0.15, 0.2) is 18.2 Å². The van der Waals surface area contributed by atoms with E-state index >= 15 is 0 Å². The van der Waals surface area contributed by atoms with Gasteiger partial charge in [-0.25, -0.2) is 0 Å². The topological polar surface area (TPSA) is 33.0 Å². The molecule has 68 valence electrons. The summed E-state index contributed by atoms with van der Waals surface area (Å²) in [7, 11) is 1.56. The summed E-state index contributed by atoms with van der Waals surface area (Å²) in [6.45, 7) is 1.98. The van der Waals surface area contributed by atoms with E-state index in [1.54, 1.807) is 13.2 Å². The Labute approximate surface area is 83.6 Å². The molecule has 0 fully saturated rings. The van der Waals surface area contributed by atoms with Crippen molar-refractivity contribution in [1.29, 1.82) is 5.26 Å². The van der Waals surface area contributed by atoms with Gasteiger partial charge in [0.2, 0.25) is 0 Å². The molecule has 1 aromatic rings. The highest BCUT2D eigenvalue weighted by Gasteiger charge is 2.05. The summed E-state index contributed by atoms with van der Waals surface area (Å²) >= 11 is 4.30. The van der Waals surface area contributed by atoms with Gasteiger partial charge in [-0.05, 0) is 24.6 Å². The quantitative estimate of drug-likeness (QED) is 0.732. The van der Waals surface area contributed by atoms with Crippen molar-refractivity contribution in [3.63, 3.8) is 0 Å². The Morgan fingerprint density at radius 2 is 2.23 bits per heavy atom. The number of hydrogen-bond acceptors (Lipinski definition) is 3. The van der Waals surface area contributed by atoms with Crippen LogP contribution in [0, 0.1) is 11.3 Å². The van der Waals surface area contributed by atoms with Gasteiger partial charge >= 0.3 is 0 Å². The predicted molar refractivity (Wildman–Crippen MR) is 55.1 cm³/mol. The number of thiol groups is 1. The number of nitrogens with zero attached hydrogens (tertiary/aromatic N) is 1. The van der Waals surface area contributed by atoms with Crippen molar-refractivity contribution in [2.24, 2.45) is 0 Å². The van der Waals surface area contributed by atoms with E-state index in [9.17, 15) is 0 Å². The summed E-state index contributed by atoms with van der Waals surface area (Å²) in [5.74, 6) is 0.612. The zero-order valence-corrected chi connectivity index (χ0v) is 8.51. The van der Waals surface area contributed by atoms with Crippen molar-refractivity contribution in [3.05, 3.63) is 29.3 Å². The summed E-state index contributed by atoms with van der Waals surface area (Å²) in [6.07, 6.45) is 0. The molecule has 0 spiro atoms. The van der Waals surface area contributed by atoms with Gasteiger partial charge in [0.1, 0.15) is 11.8 Å². The highest BCUT2D eigenvalue weighted by molar-refractivity contribution is 7.80. The number of benzene rings is 1. The van der Waals surface area contributed by atoms with E-state index in [1.165, 1.54) is 0 Å². The predicted octanol–water partition coefficient (Wildman–Crippen LogP) is 2.56. The lowest BCUT2D eigenvalue weighted by molar-refractivity contribution is 0.413. The van der Waals surface area contributed by atoms with Gasteiger partial charge in [0.25, 0.3) is 0 Å². The molecule has 0 bridgehead atoms. The molecular weight excluding hydrogens is 182 g/mol. The van der Waals surface area contributed by atoms with Crippen molar-refractivity contribution in [2.45, 2.75) is 12.2 Å². The van der Waals surface area contributed by atoms with Crippen molar-refractivity contribution in [1.82, 2.24) is 0 Å². The number of nitriles is 1. The summed E-state index contributed by atoms with van der Waals surface area (Å²) in [5, 5.41) is 8.88. The van der Waals surface area contributed by atoms with Crippen LogP contribution in [-0.2, 0) is 0 Å². The van der Waals surface area contributed by atoms with Crippen LogP contribution in [0.1, 0.15) is 23.3 Å². The molecule has 0 heterocycles. The third-order valence-electron chi connectivity index (χ3n) is 1.83. The first-order valence-corrected chi connectivity index (χ1v) is 4.46. The largest absolute Gasteiger partial charge is 0.495 e. The highest BCUT2D eigenvalue weighted by atomic mass is 32.1. The molecule has 0 N–H and O–H groups in total. The van der Waals surface area contributed by atoms with Gasteiger partial charge in [-0.2, -0.15) is 17.9 Å². The van der Waals surface area contributed by atoms with Crippen LogP contribution in [0.5, 0.6) is 5.75 Å². The molecular formula is C10H11NOS. The van der Waals surface area contributed by atoms with Crippen molar-refractivity contribution in [2.75, 3.05) is 7.11 Å². The molecule has 1 atom stereocenters. The highest BCUT2D eigenvalue weighted by Crippen LogP contribution is 2.25. The first-order chi connectivity index (χ1) is 6.19. The van der Waals surface area contributed by atoms with Crippen LogP contribution in [-0.4, -0.2) is 7.11 Å². The van der Waals surface area contributed by atoms with Crippen molar-refractivity contribution in [3.8, 4) is 11.8 Å². The average Bonchev–Trinajstić information content (AvgIpc) is 2.16. The molecule has 0 aliphatic carbocycles. The molecule has 1 rings (SSSR count). The SMILES string of the molecule is COc1cc(C(C)S)ccc1C#N. The molecule has 13 heavy (non-hydrogen) atoms.